The zero-order valence-electron chi connectivity index (χ0n) is 6.37. The normalized spacial score (nSPS) is 6.27. The van der Waals surface area contributed by atoms with Crippen molar-refractivity contribution in [3.05, 3.63) is 25.5 Å². The number of carbonyl (C=O) groups is 2. The van der Waals surface area contributed by atoms with Crippen LogP contribution in [0.2, 0.25) is 0 Å². The van der Waals surface area contributed by atoms with Gasteiger partial charge in [0.25, 0.3) is 6.47 Å². The first-order chi connectivity index (χ1) is 5.22. The van der Waals surface area contributed by atoms with Gasteiger partial charge in [-0.05, 0) is 6.08 Å². The predicted molar refractivity (Wildman–Crippen MR) is 41.6 cm³/mol. The van der Waals surface area contributed by atoms with E-state index in [0.717, 1.165) is 6.26 Å². The van der Waals surface area contributed by atoms with Gasteiger partial charge in [0.1, 0.15) is 0 Å². The minimum absolute atomic E-state index is 0.144. The lowest BCUT2D eigenvalue weighted by molar-refractivity contribution is -0.123. The first kappa shape index (κ1) is 12.1. The van der Waals surface area contributed by atoms with Crippen LogP contribution >= 0.6 is 0 Å². The van der Waals surface area contributed by atoms with E-state index in [2.05, 4.69) is 23.2 Å². The molecule has 0 rings (SSSR count). The van der Waals surface area contributed by atoms with E-state index in [1.54, 1.807) is 7.05 Å². The summed E-state index contributed by atoms with van der Waals surface area (Å²) >= 11 is 0. The van der Waals surface area contributed by atoms with Crippen LogP contribution in [-0.2, 0) is 14.3 Å². The zero-order chi connectivity index (χ0) is 9.11. The van der Waals surface area contributed by atoms with Gasteiger partial charge in [0.05, 0.1) is 6.26 Å². The second-order valence-corrected chi connectivity index (χ2v) is 1.22. The SMILES string of the molecule is C=CC(=O)NC.C=COC=O. The first-order valence-corrected chi connectivity index (χ1v) is 2.77. The molecule has 0 bridgehead atoms. The van der Waals surface area contributed by atoms with Crippen molar-refractivity contribution in [3.8, 4) is 0 Å². The van der Waals surface area contributed by atoms with Crippen LogP contribution in [0.1, 0.15) is 0 Å². The van der Waals surface area contributed by atoms with Crippen molar-refractivity contribution in [1.29, 1.82) is 0 Å². The van der Waals surface area contributed by atoms with Gasteiger partial charge in [-0.1, -0.05) is 13.2 Å². The van der Waals surface area contributed by atoms with Gasteiger partial charge in [-0.15, -0.1) is 0 Å². The Hall–Kier alpha value is -1.58. The molecule has 0 spiro atoms. The number of ether oxygens (including phenoxy) is 1. The summed E-state index contributed by atoms with van der Waals surface area (Å²) in [5.41, 5.74) is 0. The maximum absolute atomic E-state index is 9.95. The Bertz CT molecular complexity index is 137. The summed E-state index contributed by atoms with van der Waals surface area (Å²) < 4.78 is 3.92. The van der Waals surface area contributed by atoms with Crippen LogP contribution in [0, 0.1) is 0 Å². The number of amides is 1. The smallest absolute Gasteiger partial charge is 0.297 e. The largest absolute Gasteiger partial charge is 0.437 e. The van der Waals surface area contributed by atoms with Crippen LogP contribution in [0.25, 0.3) is 0 Å². The number of rotatable bonds is 3. The van der Waals surface area contributed by atoms with Crippen LogP contribution < -0.4 is 5.32 Å². The van der Waals surface area contributed by atoms with Crippen molar-refractivity contribution in [2.24, 2.45) is 0 Å². The van der Waals surface area contributed by atoms with E-state index >= 15 is 0 Å². The molecule has 11 heavy (non-hydrogen) atoms. The molecular formula is C7H11NO3. The third-order valence-corrected chi connectivity index (χ3v) is 0.584. The van der Waals surface area contributed by atoms with Gasteiger partial charge in [0.15, 0.2) is 0 Å². The molecule has 0 saturated heterocycles. The molecule has 0 aromatic heterocycles. The molecule has 4 nitrogen and oxygen atoms in total. The fourth-order valence-corrected chi connectivity index (χ4v) is 0.141. The van der Waals surface area contributed by atoms with Crippen LogP contribution in [0.4, 0.5) is 0 Å². The lowest BCUT2D eigenvalue weighted by atomic mass is 10.6. The van der Waals surface area contributed by atoms with Crippen LogP contribution in [0.5, 0.6) is 0 Å². The summed E-state index contributed by atoms with van der Waals surface area (Å²) in [5, 5.41) is 2.36. The van der Waals surface area contributed by atoms with Gasteiger partial charge in [-0.25, -0.2) is 0 Å². The van der Waals surface area contributed by atoms with Crippen LogP contribution in [0.3, 0.4) is 0 Å². The minimum atomic E-state index is -0.144. The summed E-state index contributed by atoms with van der Waals surface area (Å²) in [6, 6.07) is 0. The number of nitrogens with one attached hydrogen (secondary N) is 1. The summed E-state index contributed by atoms with van der Waals surface area (Å²) in [6.07, 6.45) is 2.28. The van der Waals surface area contributed by atoms with E-state index < -0.39 is 0 Å². The van der Waals surface area contributed by atoms with Gasteiger partial charge in [0.2, 0.25) is 5.91 Å². The summed E-state index contributed by atoms with van der Waals surface area (Å²) in [5.74, 6) is -0.144. The highest BCUT2D eigenvalue weighted by Crippen LogP contribution is 1.56. The molecule has 1 amide bonds. The van der Waals surface area contributed by atoms with Gasteiger partial charge in [0, 0.05) is 7.05 Å². The molecule has 62 valence electrons. The number of hydrogen-bond donors (Lipinski definition) is 1. The van der Waals surface area contributed by atoms with Gasteiger partial charge >= 0.3 is 0 Å². The van der Waals surface area contributed by atoms with Crippen molar-refractivity contribution in [2.45, 2.75) is 0 Å². The Balaban J connectivity index is 0. The monoisotopic (exact) mass is 157 g/mol. The molecule has 0 radical (unpaired) electrons. The molecule has 0 aliphatic heterocycles. The average molecular weight is 157 g/mol. The Kier molecular flexibility index (Phi) is 12.4. The molecule has 0 unspecified atom stereocenters. The van der Waals surface area contributed by atoms with Crippen LogP contribution in [-0.4, -0.2) is 19.4 Å². The van der Waals surface area contributed by atoms with Gasteiger partial charge in [-0.2, -0.15) is 0 Å². The zero-order valence-corrected chi connectivity index (χ0v) is 6.37. The first-order valence-electron chi connectivity index (χ1n) is 2.77. The van der Waals surface area contributed by atoms with E-state index in [9.17, 15) is 4.79 Å². The average Bonchev–Trinajstić information content (AvgIpc) is 2.06. The Morgan fingerprint density at radius 1 is 1.55 bits per heavy atom. The fourth-order valence-electron chi connectivity index (χ4n) is 0.141. The molecule has 1 N–H and O–H groups in total. The molecule has 0 aliphatic rings. The van der Waals surface area contributed by atoms with Gasteiger partial charge < -0.3 is 10.1 Å². The summed E-state index contributed by atoms with van der Waals surface area (Å²) in [6.45, 7) is 6.63. The van der Waals surface area contributed by atoms with E-state index in [0.29, 0.717) is 6.47 Å². The third kappa shape index (κ3) is 17.8. The summed E-state index contributed by atoms with van der Waals surface area (Å²) in [7, 11) is 1.56. The third-order valence-electron chi connectivity index (χ3n) is 0.584. The van der Waals surface area contributed by atoms with Crippen molar-refractivity contribution in [2.75, 3.05) is 7.05 Å². The van der Waals surface area contributed by atoms with E-state index in [1.165, 1.54) is 6.08 Å². The Morgan fingerprint density at radius 2 is 2.09 bits per heavy atom. The summed E-state index contributed by atoms with van der Waals surface area (Å²) in [4.78, 5) is 19.1. The molecule has 0 saturated carbocycles. The highest BCUT2D eigenvalue weighted by Gasteiger charge is 1.78. The van der Waals surface area contributed by atoms with E-state index in [4.69, 9.17) is 4.79 Å². The highest BCUT2D eigenvalue weighted by molar-refractivity contribution is 5.86. The van der Waals surface area contributed by atoms with Gasteiger partial charge in [-0.3, -0.25) is 9.59 Å². The molecule has 4 heteroatoms. The maximum Gasteiger partial charge on any atom is 0.297 e. The topological polar surface area (TPSA) is 55.4 Å². The Morgan fingerprint density at radius 3 is 2.09 bits per heavy atom. The highest BCUT2D eigenvalue weighted by atomic mass is 16.5. The van der Waals surface area contributed by atoms with Crippen molar-refractivity contribution in [3.63, 3.8) is 0 Å². The lowest BCUT2D eigenvalue weighted by Gasteiger charge is -1.82. The molecule has 0 fully saturated rings. The molecular weight excluding hydrogens is 146 g/mol. The van der Waals surface area contributed by atoms with E-state index in [1.807, 2.05) is 0 Å². The fraction of sp³-hybridized carbons (Fsp3) is 0.143. The molecule has 0 aromatic rings. The molecule has 0 aliphatic carbocycles. The second kappa shape index (κ2) is 11.2. The molecule has 0 heterocycles. The van der Waals surface area contributed by atoms with Crippen LogP contribution in [0.15, 0.2) is 25.5 Å². The predicted octanol–water partition coefficient (Wildman–Crippen LogP) is 0.221. The lowest BCUT2D eigenvalue weighted by Crippen LogP contribution is -2.13. The maximum atomic E-state index is 9.95. The van der Waals surface area contributed by atoms with Crippen molar-refractivity contribution >= 4 is 12.4 Å². The van der Waals surface area contributed by atoms with Crippen molar-refractivity contribution in [1.82, 2.24) is 5.32 Å². The minimum Gasteiger partial charge on any atom is -0.437 e. The van der Waals surface area contributed by atoms with E-state index in [-0.39, 0.29) is 5.91 Å². The number of likely N-dealkylation sites (N-methyl/N-ethyl adjacent to an activating group) is 1. The Labute approximate surface area is 65.5 Å². The van der Waals surface area contributed by atoms with Crippen molar-refractivity contribution < 1.29 is 14.3 Å². The quantitative estimate of drug-likeness (QED) is 0.362. The molecule has 0 atom stereocenters. The standard InChI is InChI=1S/C4H7NO.C3H4O2/c1-3-4(6)5-2;1-2-5-3-4/h3H,1H2,2H3,(H,5,6);2-3H,1H2. The number of carbonyl (C=O) groups excluding carboxylic acids is 2. The second-order valence-electron chi connectivity index (χ2n) is 1.22. The molecule has 0 aromatic carbocycles. The number of hydrogen-bond acceptors (Lipinski definition) is 3.